The second kappa shape index (κ2) is 5.36. The van der Waals surface area contributed by atoms with Crippen molar-refractivity contribution in [3.8, 4) is 11.5 Å². The molecule has 1 fully saturated rings. The number of ether oxygens (including phenoxy) is 2. The normalized spacial score (nSPS) is 27.8. The van der Waals surface area contributed by atoms with E-state index < -0.39 is 0 Å². The van der Waals surface area contributed by atoms with Crippen LogP contribution in [-0.4, -0.2) is 20.0 Å². The molecule has 3 rings (SSSR count). The molecular formula is C18H24O3. The van der Waals surface area contributed by atoms with Gasteiger partial charge in [0.15, 0.2) is 11.5 Å². The van der Waals surface area contributed by atoms with Crippen molar-refractivity contribution >= 4 is 5.78 Å². The maximum atomic E-state index is 12.2. The zero-order valence-corrected chi connectivity index (χ0v) is 13.2. The van der Waals surface area contributed by atoms with Gasteiger partial charge in [-0.2, -0.15) is 0 Å². The van der Waals surface area contributed by atoms with Crippen molar-refractivity contribution in [3.05, 3.63) is 23.3 Å². The molecule has 0 saturated heterocycles. The highest BCUT2D eigenvalue weighted by Crippen LogP contribution is 2.55. The minimum absolute atomic E-state index is 0.0528. The lowest BCUT2D eigenvalue weighted by Gasteiger charge is -2.48. The van der Waals surface area contributed by atoms with Crippen LogP contribution in [0.3, 0.4) is 0 Å². The van der Waals surface area contributed by atoms with Crippen molar-refractivity contribution in [2.75, 3.05) is 14.2 Å². The summed E-state index contributed by atoms with van der Waals surface area (Å²) in [4.78, 5) is 12.2. The van der Waals surface area contributed by atoms with Gasteiger partial charge in [0.1, 0.15) is 5.78 Å². The van der Waals surface area contributed by atoms with E-state index >= 15 is 0 Å². The summed E-state index contributed by atoms with van der Waals surface area (Å²) in [6, 6.07) is 4.15. The molecule has 114 valence electrons. The van der Waals surface area contributed by atoms with Gasteiger partial charge in [-0.25, -0.2) is 0 Å². The molecular weight excluding hydrogens is 264 g/mol. The van der Waals surface area contributed by atoms with Crippen LogP contribution in [0.2, 0.25) is 0 Å². The molecule has 1 aromatic rings. The number of fused-ring (bicyclic) bond motifs is 3. The SMILES string of the molecule is CC[C@@]12CC(=O)CC[C@@H]1CCc1ccc(OC)c(OC)c12. The zero-order chi connectivity index (χ0) is 15.0. The van der Waals surface area contributed by atoms with Crippen LogP contribution in [0.15, 0.2) is 12.1 Å². The first kappa shape index (κ1) is 14.4. The quantitative estimate of drug-likeness (QED) is 0.851. The highest BCUT2D eigenvalue weighted by Gasteiger charge is 2.48. The maximum Gasteiger partial charge on any atom is 0.164 e. The Morgan fingerprint density at radius 3 is 2.62 bits per heavy atom. The number of hydrogen-bond acceptors (Lipinski definition) is 3. The van der Waals surface area contributed by atoms with Gasteiger partial charge in [0.25, 0.3) is 0 Å². The Hall–Kier alpha value is -1.51. The van der Waals surface area contributed by atoms with E-state index in [1.54, 1.807) is 14.2 Å². The summed E-state index contributed by atoms with van der Waals surface area (Å²) >= 11 is 0. The van der Waals surface area contributed by atoms with Crippen LogP contribution in [0.4, 0.5) is 0 Å². The molecule has 2 aliphatic rings. The lowest BCUT2D eigenvalue weighted by Crippen LogP contribution is -2.44. The minimum atomic E-state index is -0.0528. The number of ketones is 1. The molecule has 0 unspecified atom stereocenters. The van der Waals surface area contributed by atoms with E-state index in [1.165, 1.54) is 17.5 Å². The summed E-state index contributed by atoms with van der Waals surface area (Å²) in [7, 11) is 3.38. The Kier molecular flexibility index (Phi) is 3.68. The number of rotatable bonds is 3. The van der Waals surface area contributed by atoms with E-state index in [1.807, 2.05) is 6.07 Å². The predicted octanol–water partition coefficient (Wildman–Crippen LogP) is 3.67. The number of carbonyl (C=O) groups excluding carboxylic acids is 1. The van der Waals surface area contributed by atoms with E-state index in [0.717, 1.165) is 37.2 Å². The monoisotopic (exact) mass is 288 g/mol. The van der Waals surface area contributed by atoms with Gasteiger partial charge in [-0.3, -0.25) is 4.79 Å². The molecule has 2 aliphatic carbocycles. The summed E-state index contributed by atoms with van der Waals surface area (Å²) in [6.45, 7) is 2.21. The molecule has 1 aromatic carbocycles. The van der Waals surface area contributed by atoms with Crippen molar-refractivity contribution in [1.82, 2.24) is 0 Å². The smallest absolute Gasteiger partial charge is 0.164 e. The summed E-state index contributed by atoms with van der Waals surface area (Å²) in [6.07, 6.45) is 5.67. The topological polar surface area (TPSA) is 35.5 Å². The molecule has 2 atom stereocenters. The Labute approximate surface area is 126 Å². The van der Waals surface area contributed by atoms with E-state index in [2.05, 4.69) is 13.0 Å². The molecule has 0 aromatic heterocycles. The van der Waals surface area contributed by atoms with Gasteiger partial charge in [-0.05, 0) is 43.2 Å². The highest BCUT2D eigenvalue weighted by molar-refractivity contribution is 5.82. The standard InChI is InChI=1S/C18H24O3/c1-4-18-11-14(19)9-8-13(18)7-5-12-6-10-15(20-2)17(21-3)16(12)18/h6,10,13H,4-5,7-9,11H2,1-3H3/t13-,18+/m0/s1. The van der Waals surface area contributed by atoms with Crippen molar-refractivity contribution in [1.29, 1.82) is 0 Å². The first-order valence-electron chi connectivity index (χ1n) is 7.92. The number of hydrogen-bond donors (Lipinski definition) is 0. The van der Waals surface area contributed by atoms with Gasteiger partial charge in [0, 0.05) is 23.8 Å². The molecule has 0 amide bonds. The van der Waals surface area contributed by atoms with Gasteiger partial charge in [0.05, 0.1) is 14.2 Å². The maximum absolute atomic E-state index is 12.2. The molecule has 3 heteroatoms. The molecule has 0 N–H and O–H groups in total. The lowest BCUT2D eigenvalue weighted by atomic mass is 9.55. The Morgan fingerprint density at radius 2 is 1.95 bits per heavy atom. The summed E-state index contributed by atoms with van der Waals surface area (Å²) in [5.74, 6) is 2.61. The Morgan fingerprint density at radius 1 is 1.19 bits per heavy atom. The average Bonchev–Trinajstić information content (AvgIpc) is 2.52. The van der Waals surface area contributed by atoms with Crippen LogP contribution in [-0.2, 0) is 16.6 Å². The zero-order valence-electron chi connectivity index (χ0n) is 13.2. The molecule has 21 heavy (non-hydrogen) atoms. The van der Waals surface area contributed by atoms with Crippen LogP contribution < -0.4 is 9.47 Å². The molecule has 0 spiro atoms. The number of methoxy groups -OCH3 is 2. The first-order valence-corrected chi connectivity index (χ1v) is 7.92. The van der Waals surface area contributed by atoms with Crippen LogP contribution in [0.1, 0.15) is 50.2 Å². The molecule has 0 heterocycles. The average molecular weight is 288 g/mol. The molecule has 0 radical (unpaired) electrons. The Balaban J connectivity index is 2.23. The second-order valence-corrected chi connectivity index (χ2v) is 6.33. The fourth-order valence-electron chi connectivity index (χ4n) is 4.55. The summed E-state index contributed by atoms with van der Waals surface area (Å²) < 4.78 is 11.2. The van der Waals surface area contributed by atoms with E-state index in [4.69, 9.17) is 9.47 Å². The first-order chi connectivity index (χ1) is 10.2. The van der Waals surface area contributed by atoms with Crippen molar-refractivity contribution in [3.63, 3.8) is 0 Å². The largest absolute Gasteiger partial charge is 0.493 e. The Bertz CT molecular complexity index is 564. The molecule has 3 nitrogen and oxygen atoms in total. The fraction of sp³-hybridized carbons (Fsp3) is 0.611. The van der Waals surface area contributed by atoms with Crippen LogP contribution in [0.5, 0.6) is 11.5 Å². The third-order valence-electron chi connectivity index (χ3n) is 5.59. The molecule has 1 saturated carbocycles. The van der Waals surface area contributed by atoms with E-state index in [9.17, 15) is 4.79 Å². The van der Waals surface area contributed by atoms with Gasteiger partial charge >= 0.3 is 0 Å². The van der Waals surface area contributed by atoms with Crippen LogP contribution >= 0.6 is 0 Å². The highest BCUT2D eigenvalue weighted by atomic mass is 16.5. The van der Waals surface area contributed by atoms with Crippen LogP contribution in [0, 0.1) is 5.92 Å². The van der Waals surface area contributed by atoms with Crippen molar-refractivity contribution < 1.29 is 14.3 Å². The molecule has 0 aliphatic heterocycles. The summed E-state index contributed by atoms with van der Waals surface area (Å²) in [5, 5.41) is 0. The third kappa shape index (κ3) is 2.05. The van der Waals surface area contributed by atoms with Gasteiger partial charge in [0.2, 0.25) is 0 Å². The summed E-state index contributed by atoms with van der Waals surface area (Å²) in [5.41, 5.74) is 2.53. The van der Waals surface area contributed by atoms with Gasteiger partial charge < -0.3 is 9.47 Å². The van der Waals surface area contributed by atoms with Gasteiger partial charge in [-0.1, -0.05) is 13.0 Å². The lowest BCUT2D eigenvalue weighted by molar-refractivity contribution is -0.124. The number of aryl methyl sites for hydroxylation is 1. The molecule has 0 bridgehead atoms. The van der Waals surface area contributed by atoms with Crippen molar-refractivity contribution in [2.45, 2.75) is 50.9 Å². The predicted molar refractivity (Wildman–Crippen MR) is 82.2 cm³/mol. The fourth-order valence-corrected chi connectivity index (χ4v) is 4.55. The van der Waals surface area contributed by atoms with E-state index in [0.29, 0.717) is 18.1 Å². The van der Waals surface area contributed by atoms with E-state index in [-0.39, 0.29) is 5.41 Å². The third-order valence-corrected chi connectivity index (χ3v) is 5.59. The second-order valence-electron chi connectivity index (χ2n) is 6.33. The van der Waals surface area contributed by atoms with Crippen LogP contribution in [0.25, 0.3) is 0 Å². The minimum Gasteiger partial charge on any atom is -0.493 e. The van der Waals surface area contributed by atoms with Gasteiger partial charge in [-0.15, -0.1) is 0 Å². The number of Topliss-reactive ketones (excluding diaryl/α,β-unsaturated/α-hetero) is 1. The number of carbonyl (C=O) groups is 1. The number of benzene rings is 1. The van der Waals surface area contributed by atoms with Crippen molar-refractivity contribution in [2.24, 2.45) is 5.92 Å².